The summed E-state index contributed by atoms with van der Waals surface area (Å²) in [5.74, 6) is 1.44. The molecule has 0 bridgehead atoms. The average Bonchev–Trinajstić information content (AvgIpc) is 2.88. The van der Waals surface area contributed by atoms with Crippen LogP contribution < -0.4 is 15.5 Å². The van der Waals surface area contributed by atoms with E-state index in [1.807, 2.05) is 36.5 Å². The van der Waals surface area contributed by atoms with Gasteiger partial charge in [0.25, 0.3) is 0 Å². The molecule has 166 valence electrons. The van der Waals surface area contributed by atoms with Crippen molar-refractivity contribution in [2.75, 3.05) is 49.8 Å². The minimum Gasteiger partial charge on any atom is -0.360 e. The molecular weight excluding hydrogens is 442 g/mol. The van der Waals surface area contributed by atoms with Crippen LogP contribution >= 0.6 is 23.8 Å². The van der Waals surface area contributed by atoms with E-state index >= 15 is 0 Å². The van der Waals surface area contributed by atoms with Crippen molar-refractivity contribution >= 4 is 51.9 Å². The third-order valence-electron chi connectivity index (χ3n) is 5.22. The van der Waals surface area contributed by atoms with E-state index in [0.717, 1.165) is 53.5 Å². The number of rotatable bonds is 7. The molecule has 0 spiro atoms. The van der Waals surface area contributed by atoms with Crippen molar-refractivity contribution in [3.8, 4) is 11.3 Å². The number of benzene rings is 1. The number of thiocarbonyl (C=S) groups is 1. The number of hydrogen-bond acceptors (Lipinski definition) is 7. The Morgan fingerprint density at radius 2 is 1.94 bits per heavy atom. The maximum atomic E-state index is 6.18. The summed E-state index contributed by atoms with van der Waals surface area (Å²) in [6.45, 7) is 2.00. The summed E-state index contributed by atoms with van der Waals surface area (Å²) in [6, 6.07) is 9.67. The van der Waals surface area contributed by atoms with Gasteiger partial charge in [0.1, 0.15) is 5.82 Å². The fourth-order valence-corrected chi connectivity index (χ4v) is 4.01. The van der Waals surface area contributed by atoms with Crippen LogP contribution in [-0.4, -0.2) is 59.1 Å². The molecular formula is C23H26ClN7S. The number of pyridine rings is 1. The SMILES string of the molecule is CN(C)CCCN(C)c1ccc(Nc2ncc3c(n2)-c2ccc(Cl)cc2NC(=S)C3)cn1. The van der Waals surface area contributed by atoms with Crippen molar-refractivity contribution < 1.29 is 0 Å². The summed E-state index contributed by atoms with van der Waals surface area (Å²) in [5, 5.41) is 7.17. The molecule has 2 aromatic heterocycles. The first-order valence-electron chi connectivity index (χ1n) is 10.4. The van der Waals surface area contributed by atoms with Gasteiger partial charge < -0.3 is 20.4 Å². The van der Waals surface area contributed by atoms with Gasteiger partial charge in [0.15, 0.2) is 0 Å². The highest BCUT2D eigenvalue weighted by molar-refractivity contribution is 7.80. The van der Waals surface area contributed by atoms with Crippen LogP contribution in [0.3, 0.4) is 0 Å². The lowest BCUT2D eigenvalue weighted by Crippen LogP contribution is -2.23. The summed E-state index contributed by atoms with van der Waals surface area (Å²) < 4.78 is 0. The van der Waals surface area contributed by atoms with Crippen molar-refractivity contribution in [2.45, 2.75) is 12.8 Å². The summed E-state index contributed by atoms with van der Waals surface area (Å²) >= 11 is 11.6. The fraction of sp³-hybridized carbons (Fsp3) is 0.304. The van der Waals surface area contributed by atoms with Crippen molar-refractivity contribution in [3.05, 3.63) is 53.3 Å². The van der Waals surface area contributed by atoms with Gasteiger partial charge in [-0.3, -0.25) is 0 Å². The first kappa shape index (κ1) is 22.4. The van der Waals surface area contributed by atoms with Crippen LogP contribution in [0.1, 0.15) is 12.0 Å². The lowest BCUT2D eigenvalue weighted by molar-refractivity contribution is 0.401. The normalized spacial score (nSPS) is 12.6. The van der Waals surface area contributed by atoms with Gasteiger partial charge in [0.05, 0.1) is 22.6 Å². The molecule has 1 aliphatic rings. The van der Waals surface area contributed by atoms with Crippen LogP contribution in [-0.2, 0) is 6.42 Å². The maximum absolute atomic E-state index is 6.18. The third-order valence-corrected chi connectivity index (χ3v) is 5.70. The molecule has 2 N–H and O–H groups in total. The van der Waals surface area contributed by atoms with Crippen LogP contribution in [0, 0.1) is 0 Å². The summed E-state index contributed by atoms with van der Waals surface area (Å²) in [5.41, 5.74) is 4.44. The number of hydrogen-bond donors (Lipinski definition) is 2. The number of fused-ring (bicyclic) bond motifs is 3. The number of anilines is 4. The predicted molar refractivity (Wildman–Crippen MR) is 136 cm³/mol. The van der Waals surface area contributed by atoms with E-state index in [0.29, 0.717) is 22.4 Å². The molecule has 4 rings (SSSR count). The third kappa shape index (κ3) is 5.32. The first-order chi connectivity index (χ1) is 15.4. The van der Waals surface area contributed by atoms with E-state index in [1.54, 1.807) is 6.20 Å². The van der Waals surface area contributed by atoms with Crippen LogP contribution in [0.4, 0.5) is 23.1 Å². The van der Waals surface area contributed by atoms with E-state index in [2.05, 4.69) is 51.5 Å². The van der Waals surface area contributed by atoms with Crippen molar-refractivity contribution in [2.24, 2.45) is 0 Å². The summed E-state index contributed by atoms with van der Waals surface area (Å²) in [4.78, 5) is 18.9. The summed E-state index contributed by atoms with van der Waals surface area (Å²) in [6.07, 6.45) is 5.28. The zero-order valence-corrected chi connectivity index (χ0v) is 20.0. The molecule has 9 heteroatoms. The predicted octanol–water partition coefficient (Wildman–Crippen LogP) is 4.62. The molecule has 0 amide bonds. The molecule has 0 atom stereocenters. The molecule has 0 unspecified atom stereocenters. The Balaban J connectivity index is 1.52. The van der Waals surface area contributed by atoms with Gasteiger partial charge in [-0.05, 0) is 57.4 Å². The van der Waals surface area contributed by atoms with E-state index < -0.39 is 0 Å². The van der Waals surface area contributed by atoms with E-state index in [4.69, 9.17) is 28.8 Å². The van der Waals surface area contributed by atoms with Gasteiger partial charge in [-0.1, -0.05) is 23.8 Å². The van der Waals surface area contributed by atoms with Crippen molar-refractivity contribution in [1.29, 1.82) is 0 Å². The first-order valence-corrected chi connectivity index (χ1v) is 11.2. The van der Waals surface area contributed by atoms with Crippen molar-refractivity contribution in [1.82, 2.24) is 19.9 Å². The minimum absolute atomic E-state index is 0.506. The molecule has 3 aromatic rings. The van der Waals surface area contributed by atoms with Gasteiger partial charge in [-0.25, -0.2) is 15.0 Å². The van der Waals surface area contributed by atoms with Crippen LogP contribution in [0.25, 0.3) is 11.3 Å². The number of halogens is 1. The Bertz CT molecular complexity index is 1120. The Morgan fingerprint density at radius 1 is 1.09 bits per heavy atom. The van der Waals surface area contributed by atoms with Crippen LogP contribution in [0.5, 0.6) is 0 Å². The lowest BCUT2D eigenvalue weighted by Gasteiger charge is -2.19. The molecule has 0 saturated heterocycles. The van der Waals surface area contributed by atoms with Gasteiger partial charge in [0, 0.05) is 48.0 Å². The van der Waals surface area contributed by atoms with E-state index in [9.17, 15) is 0 Å². The van der Waals surface area contributed by atoms with Gasteiger partial charge in [-0.15, -0.1) is 0 Å². The highest BCUT2D eigenvalue weighted by Gasteiger charge is 2.19. The second-order valence-electron chi connectivity index (χ2n) is 8.09. The van der Waals surface area contributed by atoms with Crippen molar-refractivity contribution in [3.63, 3.8) is 0 Å². The van der Waals surface area contributed by atoms with Gasteiger partial charge in [0.2, 0.25) is 5.95 Å². The zero-order valence-electron chi connectivity index (χ0n) is 18.4. The van der Waals surface area contributed by atoms with Gasteiger partial charge >= 0.3 is 0 Å². The quantitative estimate of drug-likeness (QED) is 0.488. The summed E-state index contributed by atoms with van der Waals surface area (Å²) in [7, 11) is 6.23. The number of aromatic nitrogens is 3. The zero-order chi connectivity index (χ0) is 22.7. The molecule has 0 aliphatic carbocycles. The molecule has 32 heavy (non-hydrogen) atoms. The Kier molecular flexibility index (Phi) is 6.83. The Morgan fingerprint density at radius 3 is 2.69 bits per heavy atom. The standard InChI is InChI=1S/C23H26ClN7S/c1-30(2)9-4-10-31(3)20-8-6-17(14-25-20)27-23-26-13-15-11-21(32)28-19-12-16(24)5-7-18(19)22(15)29-23/h5-8,12-14H,4,9-11H2,1-3H3,(H,28,32)(H,26,27,29). The molecule has 0 radical (unpaired) electrons. The highest BCUT2D eigenvalue weighted by Crippen LogP contribution is 2.35. The molecule has 1 aromatic carbocycles. The topological polar surface area (TPSA) is 69.2 Å². The van der Waals surface area contributed by atoms with Crippen LogP contribution in [0.2, 0.25) is 5.02 Å². The Labute approximate surface area is 198 Å². The largest absolute Gasteiger partial charge is 0.360 e. The van der Waals surface area contributed by atoms with Crippen LogP contribution in [0.15, 0.2) is 42.7 Å². The number of nitrogens with zero attached hydrogens (tertiary/aromatic N) is 5. The van der Waals surface area contributed by atoms with E-state index in [1.165, 1.54) is 0 Å². The van der Waals surface area contributed by atoms with E-state index in [-0.39, 0.29) is 0 Å². The average molecular weight is 468 g/mol. The number of nitrogens with one attached hydrogen (secondary N) is 2. The fourth-order valence-electron chi connectivity index (χ4n) is 3.58. The molecule has 1 aliphatic heterocycles. The molecule has 0 fully saturated rings. The monoisotopic (exact) mass is 467 g/mol. The molecule has 0 saturated carbocycles. The highest BCUT2D eigenvalue weighted by atomic mass is 35.5. The second kappa shape index (κ2) is 9.77. The molecule has 3 heterocycles. The molecule has 7 nitrogen and oxygen atoms in total. The minimum atomic E-state index is 0.506. The second-order valence-corrected chi connectivity index (χ2v) is 9.02. The van der Waals surface area contributed by atoms with Gasteiger partial charge in [-0.2, -0.15) is 0 Å². The maximum Gasteiger partial charge on any atom is 0.227 e. The smallest absolute Gasteiger partial charge is 0.227 e. The lowest BCUT2D eigenvalue weighted by atomic mass is 10.1. The Hall–Kier alpha value is -2.81.